The molecule has 2 saturated heterocycles. The second-order valence-electron chi connectivity index (χ2n) is 30.0. The van der Waals surface area contributed by atoms with Crippen LogP contribution in [-0.4, -0.2) is 48.3 Å². The van der Waals surface area contributed by atoms with E-state index < -0.39 is 0 Å². The molecule has 456 valence electrons. The highest BCUT2D eigenvalue weighted by molar-refractivity contribution is 7.26. The number of anilines is 4. The Morgan fingerprint density at radius 2 is 0.522 bits per heavy atom. The monoisotopic (exact) mass is 1220 g/mol. The molecule has 8 aromatic carbocycles. The average molecular weight is 1220 g/mol. The molecule has 2 aromatic heterocycles. The molecule has 18 atom stereocenters. The van der Waals surface area contributed by atoms with E-state index in [0.717, 1.165) is 0 Å². The van der Waals surface area contributed by atoms with Crippen LogP contribution >= 0.6 is 22.7 Å². The highest BCUT2D eigenvalue weighted by Gasteiger charge is 2.63. The van der Waals surface area contributed by atoms with Gasteiger partial charge in [0.2, 0.25) is 0 Å². The number of hydrogen-bond acceptors (Lipinski definition) is 6. The summed E-state index contributed by atoms with van der Waals surface area (Å²) in [5.41, 5.74) is 9.30. The molecule has 0 spiro atoms. The van der Waals surface area contributed by atoms with E-state index in [9.17, 15) is 0 Å². The molecule has 2 aliphatic heterocycles. The Bertz CT molecular complexity index is 3930. The summed E-state index contributed by atoms with van der Waals surface area (Å²) >= 11 is 4.18. The maximum Gasteiger partial charge on any atom is 0.0500 e. The molecule has 0 N–H and O–H groups in total. The quantitative estimate of drug-likeness (QED) is 0.154. The molecular formula is C84H88N4S2. The Kier molecular flexibility index (Phi) is 13.8. The van der Waals surface area contributed by atoms with Crippen LogP contribution in [0.5, 0.6) is 0 Å². The van der Waals surface area contributed by atoms with Crippen LogP contribution < -0.4 is 19.6 Å². The Labute approximate surface area is 542 Å². The lowest BCUT2D eigenvalue weighted by atomic mass is 9.45. The summed E-state index contributed by atoms with van der Waals surface area (Å²) in [5.74, 6) is 6.53. The summed E-state index contributed by atoms with van der Waals surface area (Å²) in [6, 6.07) is 85.7. The molecular weight excluding hydrogens is 1130 g/mol. The molecule has 90 heavy (non-hydrogen) atoms. The lowest BCUT2D eigenvalue weighted by molar-refractivity contribution is -0.0974. The van der Waals surface area contributed by atoms with Gasteiger partial charge in [-0.3, -0.25) is 0 Å². The van der Waals surface area contributed by atoms with E-state index in [1.165, 1.54) is 169 Å². The first kappa shape index (κ1) is 55.1. The highest BCUT2D eigenvalue weighted by Crippen LogP contribution is 2.66. The van der Waals surface area contributed by atoms with Crippen molar-refractivity contribution >= 4 is 85.8 Å². The predicted octanol–water partition coefficient (Wildman–Crippen LogP) is 21.3. The van der Waals surface area contributed by atoms with Gasteiger partial charge in [0.05, 0.1) is 24.2 Å². The molecule has 0 bridgehead atoms. The van der Waals surface area contributed by atoms with Crippen molar-refractivity contribution in [2.75, 3.05) is 19.6 Å². The van der Waals surface area contributed by atoms with Crippen LogP contribution in [-0.2, 0) is 0 Å². The zero-order valence-electron chi connectivity index (χ0n) is 52.4. The molecule has 4 nitrogen and oxygen atoms in total. The summed E-state index contributed by atoms with van der Waals surface area (Å²) < 4.78 is 6.05. The summed E-state index contributed by atoms with van der Waals surface area (Å²) in [6.45, 7) is 0. The van der Waals surface area contributed by atoms with E-state index in [2.05, 4.69) is 249 Å². The predicted molar refractivity (Wildman–Crippen MR) is 381 cm³/mol. The number of fused-ring (bicyclic) bond motifs is 18. The average Bonchev–Trinajstić information content (AvgIpc) is 0.930. The molecule has 18 unspecified atom stereocenters. The van der Waals surface area contributed by atoms with Gasteiger partial charge in [-0.15, -0.1) is 22.7 Å². The number of thiophene rings is 2. The van der Waals surface area contributed by atoms with Gasteiger partial charge in [-0.25, -0.2) is 0 Å². The third-order valence-corrected chi connectivity index (χ3v) is 28.8. The van der Waals surface area contributed by atoms with Gasteiger partial charge in [-0.2, -0.15) is 0 Å². The first-order valence-electron chi connectivity index (χ1n) is 35.8. The summed E-state index contributed by atoms with van der Waals surface area (Å²) in [4.78, 5) is 12.6. The SMILES string of the molecule is c1ccc(N2C3CCCCC3N(c3ccccc3)C3CC4C5CC(c6cccc7c6sc6ccccc67)CCC5C5CC6C(CC5C5CC(c7cccc8c7sc7ccccc78)CCC5C4CC32)N(c2ccccc2)C2CCCCC2N6c2ccccc2)cc1. The number of para-hydroxylation sites is 4. The van der Waals surface area contributed by atoms with Crippen molar-refractivity contribution in [1.29, 1.82) is 0 Å². The summed E-state index contributed by atoms with van der Waals surface area (Å²) in [5, 5.41) is 5.87. The number of nitrogens with zero attached hydrogens (tertiary/aromatic N) is 4. The summed E-state index contributed by atoms with van der Waals surface area (Å²) in [6.07, 6.45) is 23.8. The van der Waals surface area contributed by atoms with Crippen LogP contribution in [0.25, 0.3) is 40.3 Å². The smallest absolute Gasteiger partial charge is 0.0500 e. The van der Waals surface area contributed by atoms with E-state index in [0.29, 0.717) is 108 Å². The lowest BCUT2D eigenvalue weighted by Gasteiger charge is -2.67. The maximum absolute atomic E-state index is 3.14. The number of rotatable bonds is 6. The molecule has 4 heterocycles. The van der Waals surface area contributed by atoms with Crippen LogP contribution in [0.1, 0.15) is 139 Å². The van der Waals surface area contributed by atoms with Gasteiger partial charge in [0.25, 0.3) is 0 Å². The van der Waals surface area contributed by atoms with Crippen molar-refractivity contribution in [1.82, 2.24) is 0 Å². The molecule has 7 aliphatic carbocycles. The minimum absolute atomic E-state index is 0.459. The van der Waals surface area contributed by atoms with Gasteiger partial charge in [0.15, 0.2) is 0 Å². The fourth-order valence-corrected chi connectivity index (χ4v) is 25.8. The zero-order chi connectivity index (χ0) is 59.0. The van der Waals surface area contributed by atoms with Gasteiger partial charge in [0, 0.05) is 87.3 Å². The first-order valence-corrected chi connectivity index (χ1v) is 37.4. The maximum atomic E-state index is 3.14. The molecule has 10 aromatic rings. The Balaban J connectivity index is 0.811. The first-order chi connectivity index (χ1) is 44.7. The minimum Gasteiger partial charge on any atom is -0.361 e. The molecule has 9 fully saturated rings. The van der Waals surface area contributed by atoms with E-state index in [-0.39, 0.29) is 0 Å². The minimum atomic E-state index is 0.459. The lowest BCUT2D eigenvalue weighted by Crippen LogP contribution is -2.73. The van der Waals surface area contributed by atoms with Crippen molar-refractivity contribution < 1.29 is 0 Å². The largest absolute Gasteiger partial charge is 0.361 e. The zero-order valence-corrected chi connectivity index (χ0v) is 54.0. The number of piperazine rings is 2. The van der Waals surface area contributed by atoms with E-state index in [4.69, 9.17) is 0 Å². The molecule has 19 rings (SSSR count). The number of benzene rings is 8. The third kappa shape index (κ3) is 8.88. The van der Waals surface area contributed by atoms with Crippen LogP contribution in [0.3, 0.4) is 0 Å². The summed E-state index contributed by atoms with van der Waals surface area (Å²) in [7, 11) is 0. The van der Waals surface area contributed by atoms with Crippen molar-refractivity contribution in [2.24, 2.45) is 47.3 Å². The Morgan fingerprint density at radius 3 is 0.867 bits per heavy atom. The molecule has 0 radical (unpaired) electrons. The van der Waals surface area contributed by atoms with E-state index in [1.807, 2.05) is 0 Å². The van der Waals surface area contributed by atoms with Gasteiger partial charge < -0.3 is 19.6 Å². The number of hydrogen-bond donors (Lipinski definition) is 0. The van der Waals surface area contributed by atoms with Crippen LogP contribution in [0.2, 0.25) is 0 Å². The second kappa shape index (κ2) is 22.6. The van der Waals surface area contributed by atoms with E-state index in [1.54, 1.807) is 20.5 Å². The van der Waals surface area contributed by atoms with E-state index >= 15 is 0 Å². The van der Waals surface area contributed by atoms with Crippen molar-refractivity contribution in [3.05, 3.63) is 217 Å². The van der Waals surface area contributed by atoms with Gasteiger partial charge >= 0.3 is 0 Å². The van der Waals surface area contributed by atoms with Gasteiger partial charge in [-0.1, -0.05) is 171 Å². The fraction of sp³-hybridized carbons (Fsp3) is 0.429. The fourth-order valence-electron chi connectivity index (χ4n) is 23.3. The Morgan fingerprint density at radius 1 is 0.233 bits per heavy atom. The van der Waals surface area contributed by atoms with Crippen molar-refractivity contribution in [3.8, 4) is 0 Å². The topological polar surface area (TPSA) is 13.0 Å². The standard InChI is InChI=1S/C84H88N4S2/c1-5-23-55(24-6-1)85-73-37-15-17-39-75(73)87(57-27-9-3-10-28-57)79-51-71-68-48-54(60-34-22-36-66-64-32-14-20-42-82(64)90-84(60)66)44-46-62(68)70-50-78-80(88(58-29-11-4-12-30-58)76-40-18-16-38-74(76)86(78)56-25-7-2-8-26-56)52-72(70)67-47-53(43-45-61(67)69(71)49-77(79)85)59-33-21-35-65-63-31-13-19-41-81(63)89-83(59)65/h1-14,19-36,41-42,53-54,61-62,67-80H,15-18,37-40,43-52H2. The van der Waals surface area contributed by atoms with Gasteiger partial charge in [-0.05, 0) is 221 Å². The highest BCUT2D eigenvalue weighted by atomic mass is 32.1. The van der Waals surface area contributed by atoms with Crippen molar-refractivity contribution in [2.45, 2.75) is 176 Å². The van der Waals surface area contributed by atoms with Crippen LogP contribution in [0, 0.1) is 47.3 Å². The molecule has 7 saturated carbocycles. The van der Waals surface area contributed by atoms with Crippen LogP contribution in [0.15, 0.2) is 206 Å². The second-order valence-corrected chi connectivity index (χ2v) is 32.1. The van der Waals surface area contributed by atoms with Gasteiger partial charge in [0.1, 0.15) is 0 Å². The Hall–Kier alpha value is -6.60. The van der Waals surface area contributed by atoms with Crippen molar-refractivity contribution in [3.63, 3.8) is 0 Å². The van der Waals surface area contributed by atoms with Crippen LogP contribution in [0.4, 0.5) is 22.7 Å². The molecule has 9 aliphatic rings. The third-order valence-electron chi connectivity index (χ3n) is 26.4. The molecule has 6 heteroatoms. The molecule has 0 amide bonds. The normalized spacial score (nSPS) is 34.0.